The molecule has 0 unspecified atom stereocenters. The summed E-state index contributed by atoms with van der Waals surface area (Å²) in [6.45, 7) is 5.06. The van der Waals surface area contributed by atoms with Crippen LogP contribution in [0.15, 0.2) is 30.3 Å². The van der Waals surface area contributed by atoms with E-state index in [1.54, 1.807) is 6.92 Å². The quantitative estimate of drug-likeness (QED) is 0.763. The summed E-state index contributed by atoms with van der Waals surface area (Å²) in [5, 5.41) is 1.01. The summed E-state index contributed by atoms with van der Waals surface area (Å²) >= 11 is 0. The zero-order chi connectivity index (χ0) is 13.0. The van der Waals surface area contributed by atoms with E-state index in [1.807, 2.05) is 41.8 Å². The molecule has 0 saturated heterocycles. The number of nitrogens with zero attached hydrogens (tertiary/aromatic N) is 1. The van der Waals surface area contributed by atoms with Gasteiger partial charge < -0.3 is 14.0 Å². The maximum atomic E-state index is 11.9. The molecule has 0 bridgehead atoms. The fourth-order valence-electron chi connectivity index (χ4n) is 1.91. The molecule has 96 valence electrons. The van der Waals surface area contributed by atoms with Gasteiger partial charge in [-0.25, -0.2) is 4.79 Å². The molecule has 4 heteroatoms. The number of carbonyl (C=O) groups is 1. The molecule has 0 spiro atoms. The van der Waals surface area contributed by atoms with Crippen LogP contribution < -0.4 is 0 Å². The average Bonchev–Trinajstić information content (AvgIpc) is 2.75. The van der Waals surface area contributed by atoms with Gasteiger partial charge in [-0.1, -0.05) is 18.2 Å². The summed E-state index contributed by atoms with van der Waals surface area (Å²) < 4.78 is 12.3. The van der Waals surface area contributed by atoms with Crippen molar-refractivity contribution in [3.05, 3.63) is 36.0 Å². The maximum Gasteiger partial charge on any atom is 0.355 e. The maximum absolute atomic E-state index is 11.9. The van der Waals surface area contributed by atoms with Crippen molar-refractivity contribution in [3.8, 4) is 0 Å². The van der Waals surface area contributed by atoms with Crippen molar-refractivity contribution in [1.29, 1.82) is 0 Å². The summed E-state index contributed by atoms with van der Waals surface area (Å²) in [6, 6.07) is 9.67. The first-order chi connectivity index (χ1) is 8.77. The molecule has 2 aromatic rings. The van der Waals surface area contributed by atoms with E-state index in [2.05, 4.69) is 0 Å². The molecule has 18 heavy (non-hydrogen) atoms. The molecule has 1 aromatic heterocycles. The molecule has 0 N–H and O–H groups in total. The lowest BCUT2D eigenvalue weighted by atomic mass is 10.2. The first-order valence-corrected chi connectivity index (χ1v) is 6.11. The van der Waals surface area contributed by atoms with Crippen LogP contribution in [0.1, 0.15) is 24.3 Å². The third-order valence-corrected chi connectivity index (χ3v) is 2.72. The molecule has 0 saturated carbocycles. The number of rotatable bonds is 5. The van der Waals surface area contributed by atoms with Crippen LogP contribution in [-0.2, 0) is 16.2 Å². The van der Waals surface area contributed by atoms with E-state index in [9.17, 15) is 4.79 Å². The smallest absolute Gasteiger partial charge is 0.355 e. The summed E-state index contributed by atoms with van der Waals surface area (Å²) in [7, 11) is 0. The normalized spacial score (nSPS) is 10.8. The zero-order valence-corrected chi connectivity index (χ0v) is 10.7. The van der Waals surface area contributed by atoms with Crippen molar-refractivity contribution in [3.63, 3.8) is 0 Å². The highest BCUT2D eigenvalue weighted by Crippen LogP contribution is 2.20. The van der Waals surface area contributed by atoms with E-state index >= 15 is 0 Å². The molecular formula is C14H17NO3. The van der Waals surface area contributed by atoms with Gasteiger partial charge in [-0.3, -0.25) is 0 Å². The second-order valence-corrected chi connectivity index (χ2v) is 3.86. The van der Waals surface area contributed by atoms with E-state index < -0.39 is 0 Å². The highest BCUT2D eigenvalue weighted by molar-refractivity contribution is 5.95. The van der Waals surface area contributed by atoms with Crippen LogP contribution in [0, 0.1) is 0 Å². The SMILES string of the molecule is CCOCn1c(C(=O)OCC)cc2ccccc21. The van der Waals surface area contributed by atoms with E-state index in [-0.39, 0.29) is 5.97 Å². The highest BCUT2D eigenvalue weighted by Gasteiger charge is 2.16. The molecule has 4 nitrogen and oxygen atoms in total. The lowest BCUT2D eigenvalue weighted by molar-refractivity contribution is 0.0478. The van der Waals surface area contributed by atoms with Gasteiger partial charge in [-0.2, -0.15) is 0 Å². The molecule has 0 atom stereocenters. The van der Waals surface area contributed by atoms with Crippen LogP contribution in [0.25, 0.3) is 10.9 Å². The molecule has 1 heterocycles. The highest BCUT2D eigenvalue weighted by atomic mass is 16.5. The first-order valence-electron chi connectivity index (χ1n) is 6.11. The zero-order valence-electron chi connectivity index (χ0n) is 10.7. The van der Waals surface area contributed by atoms with Crippen molar-refractivity contribution >= 4 is 16.9 Å². The Morgan fingerprint density at radius 2 is 2.00 bits per heavy atom. The van der Waals surface area contributed by atoms with Crippen LogP contribution >= 0.6 is 0 Å². The minimum atomic E-state index is -0.312. The van der Waals surface area contributed by atoms with Crippen LogP contribution in [0.5, 0.6) is 0 Å². The molecule has 0 fully saturated rings. The Bertz CT molecular complexity index is 545. The monoisotopic (exact) mass is 247 g/mol. The summed E-state index contributed by atoms with van der Waals surface area (Å²) in [5.74, 6) is -0.312. The Morgan fingerprint density at radius 1 is 1.22 bits per heavy atom. The molecule has 0 amide bonds. The van der Waals surface area contributed by atoms with Gasteiger partial charge in [0.2, 0.25) is 0 Å². The molecule has 0 aliphatic heterocycles. The number of carbonyl (C=O) groups excluding carboxylic acids is 1. The van der Waals surface area contributed by atoms with E-state index in [4.69, 9.17) is 9.47 Å². The predicted molar refractivity (Wildman–Crippen MR) is 69.5 cm³/mol. The van der Waals surface area contributed by atoms with Gasteiger partial charge in [-0.15, -0.1) is 0 Å². The number of hydrogen-bond acceptors (Lipinski definition) is 3. The fourth-order valence-corrected chi connectivity index (χ4v) is 1.91. The number of esters is 1. The van der Waals surface area contributed by atoms with Gasteiger partial charge in [0.05, 0.1) is 12.1 Å². The van der Waals surface area contributed by atoms with Crippen LogP contribution in [0.4, 0.5) is 0 Å². The summed E-state index contributed by atoms with van der Waals surface area (Å²) in [6.07, 6.45) is 0. The summed E-state index contributed by atoms with van der Waals surface area (Å²) in [4.78, 5) is 11.9. The second-order valence-electron chi connectivity index (χ2n) is 3.86. The minimum absolute atomic E-state index is 0.312. The van der Waals surface area contributed by atoms with Gasteiger partial charge in [0.15, 0.2) is 0 Å². The third-order valence-electron chi connectivity index (χ3n) is 2.72. The first kappa shape index (κ1) is 12.6. The number of para-hydroxylation sites is 1. The van der Waals surface area contributed by atoms with E-state index in [0.29, 0.717) is 25.6 Å². The summed E-state index contributed by atoms with van der Waals surface area (Å²) in [5.41, 5.74) is 1.51. The molecule has 2 rings (SSSR count). The van der Waals surface area contributed by atoms with Crippen molar-refractivity contribution in [2.45, 2.75) is 20.6 Å². The van der Waals surface area contributed by atoms with Gasteiger partial charge in [0, 0.05) is 12.0 Å². The van der Waals surface area contributed by atoms with Gasteiger partial charge >= 0.3 is 5.97 Å². The Hall–Kier alpha value is -1.81. The van der Waals surface area contributed by atoms with Crippen LogP contribution in [-0.4, -0.2) is 23.8 Å². The number of hydrogen-bond donors (Lipinski definition) is 0. The topological polar surface area (TPSA) is 40.5 Å². The Balaban J connectivity index is 2.46. The fraction of sp³-hybridized carbons (Fsp3) is 0.357. The second kappa shape index (κ2) is 5.69. The van der Waals surface area contributed by atoms with Crippen LogP contribution in [0.3, 0.4) is 0 Å². The molecule has 0 aliphatic carbocycles. The van der Waals surface area contributed by atoms with Gasteiger partial charge in [0.1, 0.15) is 12.4 Å². The molecule has 0 radical (unpaired) electrons. The Kier molecular flexibility index (Phi) is 3.99. The number of benzene rings is 1. The van der Waals surface area contributed by atoms with Crippen molar-refractivity contribution < 1.29 is 14.3 Å². The lowest BCUT2D eigenvalue weighted by Crippen LogP contribution is -2.13. The Labute approximate surface area is 106 Å². The standard InChI is InChI=1S/C14H17NO3/c1-3-17-10-15-12-8-6-5-7-11(12)9-13(15)14(16)18-4-2/h5-9H,3-4,10H2,1-2H3. The van der Waals surface area contributed by atoms with E-state index in [1.165, 1.54) is 0 Å². The predicted octanol–water partition coefficient (Wildman–Crippen LogP) is 2.81. The van der Waals surface area contributed by atoms with Gasteiger partial charge in [0.25, 0.3) is 0 Å². The number of aromatic nitrogens is 1. The van der Waals surface area contributed by atoms with Crippen molar-refractivity contribution in [2.24, 2.45) is 0 Å². The molecule has 1 aromatic carbocycles. The number of fused-ring (bicyclic) bond motifs is 1. The van der Waals surface area contributed by atoms with Crippen molar-refractivity contribution in [1.82, 2.24) is 4.57 Å². The Morgan fingerprint density at radius 3 is 2.72 bits per heavy atom. The third kappa shape index (κ3) is 2.38. The molecule has 0 aliphatic rings. The average molecular weight is 247 g/mol. The van der Waals surface area contributed by atoms with Gasteiger partial charge in [-0.05, 0) is 26.0 Å². The number of ether oxygens (including phenoxy) is 2. The minimum Gasteiger partial charge on any atom is -0.461 e. The van der Waals surface area contributed by atoms with E-state index in [0.717, 1.165) is 10.9 Å². The van der Waals surface area contributed by atoms with Crippen LogP contribution in [0.2, 0.25) is 0 Å². The lowest BCUT2D eigenvalue weighted by Gasteiger charge is -2.09. The molecular weight excluding hydrogens is 230 g/mol. The van der Waals surface area contributed by atoms with Crippen molar-refractivity contribution in [2.75, 3.05) is 13.2 Å². The largest absolute Gasteiger partial charge is 0.461 e.